The van der Waals surface area contributed by atoms with Gasteiger partial charge in [0.25, 0.3) is 5.95 Å². The van der Waals surface area contributed by atoms with Crippen LogP contribution in [-0.2, 0) is 18.2 Å². The molecule has 1 fully saturated rings. The van der Waals surface area contributed by atoms with Gasteiger partial charge in [-0.3, -0.25) is 0 Å². The fraction of sp³-hybridized carbons (Fsp3) is 0.364. The Morgan fingerprint density at radius 3 is 2.55 bits per heavy atom. The van der Waals surface area contributed by atoms with Gasteiger partial charge in [-0.2, -0.15) is 9.97 Å². The zero-order valence-electron chi connectivity index (χ0n) is 17.9. The number of ether oxygens (including phenoxy) is 2. The van der Waals surface area contributed by atoms with Gasteiger partial charge in [0.05, 0.1) is 25.9 Å². The van der Waals surface area contributed by atoms with Gasteiger partial charge in [0.1, 0.15) is 5.82 Å². The van der Waals surface area contributed by atoms with Crippen molar-refractivity contribution in [1.29, 1.82) is 0 Å². The predicted octanol–water partition coefficient (Wildman–Crippen LogP) is 2.62. The van der Waals surface area contributed by atoms with Crippen LogP contribution >= 0.6 is 0 Å². The molecule has 0 unspecified atom stereocenters. The average molecular weight is 419 g/mol. The summed E-state index contributed by atoms with van der Waals surface area (Å²) in [5.74, 6) is 2.80. The Balaban J connectivity index is 1.68. The lowest BCUT2D eigenvalue weighted by Crippen LogP contribution is -2.37. The van der Waals surface area contributed by atoms with E-state index in [1.165, 1.54) is 0 Å². The molecule has 1 saturated heterocycles. The maximum absolute atomic E-state index is 5.55. The van der Waals surface area contributed by atoms with Crippen LogP contribution < -0.4 is 9.64 Å². The number of aryl methyl sites for hydroxylation is 2. The molecule has 0 saturated carbocycles. The lowest BCUT2D eigenvalue weighted by molar-refractivity contribution is 0.122. The molecule has 0 atom stereocenters. The Morgan fingerprint density at radius 1 is 1.06 bits per heavy atom. The van der Waals surface area contributed by atoms with E-state index < -0.39 is 0 Å². The number of imidazole rings is 1. The Hall–Kier alpha value is -3.46. The number of aromatic nitrogens is 6. The van der Waals surface area contributed by atoms with E-state index >= 15 is 0 Å². The SMILES string of the molecule is CCc1nc2c(N3CCOCC3)nc(-n3cc(-c4ccccc4)c(OC)n3)nc2n1C. The lowest BCUT2D eigenvalue weighted by Gasteiger charge is -2.28. The van der Waals surface area contributed by atoms with Gasteiger partial charge in [-0.15, -0.1) is 5.10 Å². The highest BCUT2D eigenvalue weighted by Gasteiger charge is 2.23. The quantitative estimate of drug-likeness (QED) is 0.492. The summed E-state index contributed by atoms with van der Waals surface area (Å²) < 4.78 is 14.8. The molecule has 160 valence electrons. The molecule has 0 bridgehead atoms. The first-order chi connectivity index (χ1) is 15.2. The number of rotatable bonds is 5. The van der Waals surface area contributed by atoms with E-state index in [4.69, 9.17) is 24.4 Å². The number of morpholine rings is 1. The first-order valence-electron chi connectivity index (χ1n) is 10.4. The van der Waals surface area contributed by atoms with Gasteiger partial charge in [-0.05, 0) is 5.56 Å². The summed E-state index contributed by atoms with van der Waals surface area (Å²) >= 11 is 0. The Kier molecular flexibility index (Phi) is 5.03. The average Bonchev–Trinajstić information content (AvgIpc) is 3.41. The Labute approximate surface area is 180 Å². The summed E-state index contributed by atoms with van der Waals surface area (Å²) in [6.07, 6.45) is 2.73. The van der Waals surface area contributed by atoms with E-state index in [9.17, 15) is 0 Å². The molecule has 4 aromatic rings. The molecule has 0 spiro atoms. The molecule has 9 nitrogen and oxygen atoms in total. The van der Waals surface area contributed by atoms with E-state index in [0.717, 1.165) is 53.4 Å². The first kappa shape index (κ1) is 19.5. The van der Waals surface area contributed by atoms with Gasteiger partial charge < -0.3 is 18.9 Å². The largest absolute Gasteiger partial charge is 0.479 e. The van der Waals surface area contributed by atoms with Crippen LogP contribution in [0, 0.1) is 0 Å². The molecule has 5 rings (SSSR count). The third-order valence-electron chi connectivity index (χ3n) is 5.57. The molecule has 9 heteroatoms. The minimum atomic E-state index is 0.486. The van der Waals surface area contributed by atoms with Crippen LogP contribution in [0.1, 0.15) is 12.7 Å². The fourth-order valence-corrected chi connectivity index (χ4v) is 3.92. The summed E-state index contributed by atoms with van der Waals surface area (Å²) in [5, 5.41) is 4.62. The summed E-state index contributed by atoms with van der Waals surface area (Å²) in [4.78, 5) is 16.8. The number of hydrogen-bond acceptors (Lipinski definition) is 7. The highest BCUT2D eigenvalue weighted by Crippen LogP contribution is 2.31. The molecule has 0 N–H and O–H groups in total. The highest BCUT2D eigenvalue weighted by atomic mass is 16.5. The van der Waals surface area contributed by atoms with Crippen molar-refractivity contribution in [3.05, 3.63) is 42.4 Å². The van der Waals surface area contributed by atoms with Gasteiger partial charge in [-0.25, -0.2) is 9.67 Å². The van der Waals surface area contributed by atoms with Gasteiger partial charge in [0.2, 0.25) is 5.88 Å². The number of nitrogens with zero attached hydrogens (tertiary/aromatic N) is 7. The summed E-state index contributed by atoms with van der Waals surface area (Å²) in [6.45, 7) is 4.96. The number of fused-ring (bicyclic) bond motifs is 1. The van der Waals surface area contributed by atoms with E-state index in [1.807, 2.05) is 48.1 Å². The molecule has 4 heterocycles. The van der Waals surface area contributed by atoms with Crippen molar-refractivity contribution in [2.45, 2.75) is 13.3 Å². The Bertz CT molecular complexity index is 1210. The number of methoxy groups -OCH3 is 1. The van der Waals surface area contributed by atoms with E-state index in [-0.39, 0.29) is 0 Å². The number of hydrogen-bond donors (Lipinski definition) is 0. The van der Waals surface area contributed by atoms with E-state index in [0.29, 0.717) is 25.0 Å². The van der Waals surface area contributed by atoms with Gasteiger partial charge in [-0.1, -0.05) is 37.3 Å². The van der Waals surface area contributed by atoms with Crippen LogP contribution in [0.3, 0.4) is 0 Å². The molecule has 31 heavy (non-hydrogen) atoms. The van der Waals surface area contributed by atoms with Crippen LogP contribution in [0.4, 0.5) is 5.82 Å². The molecular weight excluding hydrogens is 394 g/mol. The lowest BCUT2D eigenvalue weighted by atomic mass is 10.1. The van der Waals surface area contributed by atoms with Gasteiger partial charge in [0, 0.05) is 32.8 Å². The summed E-state index contributed by atoms with van der Waals surface area (Å²) in [7, 11) is 3.62. The van der Waals surface area contributed by atoms with Crippen molar-refractivity contribution in [1.82, 2.24) is 29.3 Å². The van der Waals surface area contributed by atoms with Crippen molar-refractivity contribution >= 4 is 17.0 Å². The molecule has 0 radical (unpaired) electrons. The van der Waals surface area contributed by atoms with E-state index in [2.05, 4.69) is 16.9 Å². The van der Waals surface area contributed by atoms with Crippen molar-refractivity contribution in [3.63, 3.8) is 0 Å². The van der Waals surface area contributed by atoms with Crippen molar-refractivity contribution in [3.8, 4) is 23.0 Å². The second-order valence-corrected chi connectivity index (χ2v) is 7.42. The van der Waals surface area contributed by atoms with Crippen LogP contribution in [0.25, 0.3) is 28.2 Å². The summed E-state index contributed by atoms with van der Waals surface area (Å²) in [5.41, 5.74) is 3.51. The minimum absolute atomic E-state index is 0.486. The van der Waals surface area contributed by atoms with Crippen molar-refractivity contribution in [2.24, 2.45) is 7.05 Å². The molecular formula is C22H25N7O2. The normalized spacial score (nSPS) is 14.4. The summed E-state index contributed by atoms with van der Waals surface area (Å²) in [6, 6.07) is 10.0. The molecule has 1 aromatic carbocycles. The third-order valence-corrected chi connectivity index (χ3v) is 5.57. The second kappa shape index (κ2) is 7.99. The monoisotopic (exact) mass is 419 g/mol. The van der Waals surface area contributed by atoms with Crippen LogP contribution in [0.15, 0.2) is 36.5 Å². The number of anilines is 1. The number of benzene rings is 1. The molecule has 0 amide bonds. The molecule has 0 aliphatic carbocycles. The minimum Gasteiger partial charge on any atom is -0.479 e. The Morgan fingerprint density at radius 2 is 1.84 bits per heavy atom. The third kappa shape index (κ3) is 3.40. The highest BCUT2D eigenvalue weighted by molar-refractivity contribution is 5.85. The second-order valence-electron chi connectivity index (χ2n) is 7.42. The fourth-order valence-electron chi connectivity index (χ4n) is 3.92. The molecule has 1 aliphatic heterocycles. The topological polar surface area (TPSA) is 83.1 Å². The smallest absolute Gasteiger partial charge is 0.254 e. The standard InChI is InChI=1S/C22H25N7O2/c1-4-17-23-18-19(27(17)2)24-22(25-20(18)28-10-12-31-13-11-28)29-14-16(21(26-29)30-3)15-8-6-5-7-9-15/h5-9,14H,4,10-13H2,1-3H3. The zero-order chi connectivity index (χ0) is 21.4. The molecule has 1 aliphatic rings. The van der Waals surface area contributed by atoms with Crippen molar-refractivity contribution in [2.75, 3.05) is 38.3 Å². The van der Waals surface area contributed by atoms with Crippen LogP contribution in [0.2, 0.25) is 0 Å². The zero-order valence-corrected chi connectivity index (χ0v) is 17.9. The first-order valence-corrected chi connectivity index (χ1v) is 10.4. The maximum Gasteiger partial charge on any atom is 0.254 e. The van der Waals surface area contributed by atoms with Crippen LogP contribution in [-0.4, -0.2) is 62.7 Å². The maximum atomic E-state index is 5.55. The van der Waals surface area contributed by atoms with Crippen molar-refractivity contribution < 1.29 is 9.47 Å². The molecule has 3 aromatic heterocycles. The van der Waals surface area contributed by atoms with Crippen LogP contribution in [0.5, 0.6) is 5.88 Å². The van der Waals surface area contributed by atoms with Gasteiger partial charge >= 0.3 is 0 Å². The van der Waals surface area contributed by atoms with E-state index in [1.54, 1.807) is 11.8 Å². The van der Waals surface area contributed by atoms with Gasteiger partial charge in [0.15, 0.2) is 17.0 Å². The predicted molar refractivity (Wildman–Crippen MR) is 118 cm³/mol.